The molecular weight excluding hydrogens is 164 g/mol. The van der Waals surface area contributed by atoms with Crippen molar-refractivity contribution in [2.24, 2.45) is 15.2 Å². The third kappa shape index (κ3) is 5.07. The standard InChI is InChI=1S/C9H16N4/c1-8(2,6-10)12-13-9(3,4)7-11-5/h7H,1-5H3. The second-order valence-electron chi connectivity index (χ2n) is 3.91. The molecule has 0 aromatic rings. The van der Waals surface area contributed by atoms with Gasteiger partial charge >= 0.3 is 0 Å². The molecule has 0 amide bonds. The number of nitrogens with zero attached hydrogens (tertiary/aromatic N) is 4. The molecule has 0 saturated carbocycles. The van der Waals surface area contributed by atoms with Gasteiger partial charge in [-0.2, -0.15) is 15.5 Å². The average Bonchev–Trinajstić information content (AvgIpc) is 2.02. The van der Waals surface area contributed by atoms with E-state index in [1.807, 2.05) is 13.8 Å². The van der Waals surface area contributed by atoms with Crippen LogP contribution >= 0.6 is 0 Å². The van der Waals surface area contributed by atoms with Crippen molar-refractivity contribution in [2.45, 2.75) is 38.8 Å². The van der Waals surface area contributed by atoms with Gasteiger partial charge in [0.25, 0.3) is 0 Å². The Labute approximate surface area is 79.4 Å². The molecule has 4 heteroatoms. The van der Waals surface area contributed by atoms with Crippen molar-refractivity contribution < 1.29 is 0 Å². The Balaban J connectivity index is 4.54. The lowest BCUT2D eigenvalue weighted by atomic mass is 10.1. The van der Waals surface area contributed by atoms with E-state index in [-0.39, 0.29) is 0 Å². The van der Waals surface area contributed by atoms with E-state index in [4.69, 9.17) is 5.26 Å². The topological polar surface area (TPSA) is 60.9 Å². The first-order valence-electron chi connectivity index (χ1n) is 4.11. The molecule has 0 saturated heterocycles. The highest BCUT2D eigenvalue weighted by Gasteiger charge is 2.18. The van der Waals surface area contributed by atoms with Gasteiger partial charge < -0.3 is 0 Å². The molecule has 0 fully saturated rings. The number of aliphatic imine (C=N–C) groups is 1. The van der Waals surface area contributed by atoms with Crippen molar-refractivity contribution in [1.29, 1.82) is 5.26 Å². The second kappa shape index (κ2) is 4.13. The van der Waals surface area contributed by atoms with Crippen LogP contribution in [0.5, 0.6) is 0 Å². The SMILES string of the molecule is CN=CC(C)(C)N=NC(C)(C)C#N. The third-order valence-corrected chi connectivity index (χ3v) is 1.28. The molecule has 0 aromatic heterocycles. The van der Waals surface area contributed by atoms with Gasteiger partial charge in [0.15, 0.2) is 5.54 Å². The van der Waals surface area contributed by atoms with Crippen LogP contribution in [0.4, 0.5) is 0 Å². The molecule has 0 aliphatic heterocycles. The Morgan fingerprint density at radius 3 is 2.08 bits per heavy atom. The van der Waals surface area contributed by atoms with Gasteiger partial charge in [0.05, 0.1) is 6.07 Å². The summed E-state index contributed by atoms with van der Waals surface area (Å²) in [6.07, 6.45) is 1.70. The smallest absolute Gasteiger partial charge is 0.161 e. The maximum atomic E-state index is 8.68. The van der Waals surface area contributed by atoms with Crippen molar-refractivity contribution >= 4 is 6.21 Å². The zero-order valence-corrected chi connectivity index (χ0v) is 8.87. The van der Waals surface area contributed by atoms with Gasteiger partial charge in [-0.15, -0.1) is 0 Å². The molecule has 0 unspecified atom stereocenters. The fourth-order valence-corrected chi connectivity index (χ4v) is 0.618. The van der Waals surface area contributed by atoms with Crippen LogP contribution < -0.4 is 0 Å². The molecule has 72 valence electrons. The first-order valence-corrected chi connectivity index (χ1v) is 4.11. The number of azo groups is 1. The molecular formula is C9H16N4. The van der Waals surface area contributed by atoms with E-state index in [0.717, 1.165) is 0 Å². The summed E-state index contributed by atoms with van der Waals surface area (Å²) in [7, 11) is 1.69. The molecule has 0 bridgehead atoms. The minimum absolute atomic E-state index is 0.428. The molecule has 13 heavy (non-hydrogen) atoms. The number of hydrogen-bond donors (Lipinski definition) is 0. The van der Waals surface area contributed by atoms with E-state index in [0.29, 0.717) is 0 Å². The Kier molecular flexibility index (Phi) is 3.73. The highest BCUT2D eigenvalue weighted by atomic mass is 15.2. The van der Waals surface area contributed by atoms with Crippen molar-refractivity contribution in [3.05, 3.63) is 0 Å². The van der Waals surface area contributed by atoms with Crippen LogP contribution in [0, 0.1) is 11.3 Å². The summed E-state index contributed by atoms with van der Waals surface area (Å²) in [6.45, 7) is 7.21. The van der Waals surface area contributed by atoms with E-state index < -0.39 is 11.1 Å². The van der Waals surface area contributed by atoms with Crippen LogP contribution in [-0.2, 0) is 0 Å². The lowest BCUT2D eigenvalue weighted by molar-refractivity contribution is 0.557. The summed E-state index contributed by atoms with van der Waals surface area (Å²) in [6, 6.07) is 2.05. The molecule has 0 aliphatic carbocycles. The number of nitriles is 1. The minimum Gasteiger partial charge on any atom is -0.298 e. The van der Waals surface area contributed by atoms with Crippen molar-refractivity contribution in [3.8, 4) is 6.07 Å². The predicted octanol–water partition coefficient (Wildman–Crippen LogP) is 2.22. The predicted molar refractivity (Wildman–Crippen MR) is 53.0 cm³/mol. The normalized spacial score (nSPS) is 13.8. The molecule has 0 rings (SSSR count). The maximum Gasteiger partial charge on any atom is 0.161 e. The molecule has 4 nitrogen and oxygen atoms in total. The molecule has 0 spiro atoms. The Morgan fingerprint density at radius 2 is 1.69 bits per heavy atom. The van der Waals surface area contributed by atoms with Gasteiger partial charge in [-0.05, 0) is 27.7 Å². The molecule has 0 heterocycles. The van der Waals surface area contributed by atoms with Crippen LogP contribution in [0.15, 0.2) is 15.2 Å². The Bertz CT molecular complexity index is 255. The highest BCUT2D eigenvalue weighted by Crippen LogP contribution is 2.13. The van der Waals surface area contributed by atoms with E-state index >= 15 is 0 Å². The lowest BCUT2D eigenvalue weighted by Crippen LogP contribution is -2.20. The van der Waals surface area contributed by atoms with Crippen LogP contribution in [0.3, 0.4) is 0 Å². The first-order chi connectivity index (χ1) is 5.83. The zero-order valence-electron chi connectivity index (χ0n) is 8.87. The minimum atomic E-state index is -0.751. The molecule has 0 radical (unpaired) electrons. The van der Waals surface area contributed by atoms with Gasteiger partial charge in [0, 0.05) is 13.3 Å². The maximum absolute atomic E-state index is 8.68. The van der Waals surface area contributed by atoms with Gasteiger partial charge in [-0.25, -0.2) is 0 Å². The summed E-state index contributed by atoms with van der Waals surface area (Å²) in [4.78, 5) is 3.87. The molecule has 0 aliphatic rings. The van der Waals surface area contributed by atoms with Crippen molar-refractivity contribution in [3.63, 3.8) is 0 Å². The van der Waals surface area contributed by atoms with E-state index in [2.05, 4.69) is 21.3 Å². The Morgan fingerprint density at radius 1 is 1.15 bits per heavy atom. The quantitative estimate of drug-likeness (QED) is 0.485. The lowest BCUT2D eigenvalue weighted by Gasteiger charge is -2.14. The van der Waals surface area contributed by atoms with E-state index in [9.17, 15) is 0 Å². The van der Waals surface area contributed by atoms with Crippen LogP contribution in [0.25, 0.3) is 0 Å². The van der Waals surface area contributed by atoms with Crippen molar-refractivity contribution in [1.82, 2.24) is 0 Å². The van der Waals surface area contributed by atoms with E-state index in [1.54, 1.807) is 27.1 Å². The largest absolute Gasteiger partial charge is 0.298 e. The second-order valence-corrected chi connectivity index (χ2v) is 3.91. The molecule has 0 aromatic carbocycles. The summed E-state index contributed by atoms with van der Waals surface area (Å²) >= 11 is 0. The summed E-state index contributed by atoms with van der Waals surface area (Å²) in [5.74, 6) is 0. The van der Waals surface area contributed by atoms with E-state index in [1.165, 1.54) is 0 Å². The van der Waals surface area contributed by atoms with Gasteiger partial charge in [0.1, 0.15) is 5.54 Å². The Hall–Kier alpha value is -1.24. The van der Waals surface area contributed by atoms with Gasteiger partial charge in [-0.3, -0.25) is 4.99 Å². The fraction of sp³-hybridized carbons (Fsp3) is 0.778. The highest BCUT2D eigenvalue weighted by molar-refractivity contribution is 5.68. The number of hydrogen-bond acceptors (Lipinski definition) is 4. The molecule has 0 atom stereocenters. The van der Waals surface area contributed by atoms with Gasteiger partial charge in [0.2, 0.25) is 0 Å². The molecule has 0 N–H and O–H groups in total. The summed E-state index contributed by atoms with van der Waals surface area (Å²) in [5.41, 5.74) is -1.18. The summed E-state index contributed by atoms with van der Waals surface area (Å²) < 4.78 is 0. The summed E-state index contributed by atoms with van der Waals surface area (Å²) in [5, 5.41) is 16.7. The fourth-order valence-electron chi connectivity index (χ4n) is 0.618. The van der Waals surface area contributed by atoms with Crippen LogP contribution in [0.2, 0.25) is 0 Å². The zero-order chi connectivity index (χ0) is 10.5. The van der Waals surface area contributed by atoms with Crippen molar-refractivity contribution in [2.75, 3.05) is 7.05 Å². The first kappa shape index (κ1) is 11.8. The van der Waals surface area contributed by atoms with Gasteiger partial charge in [-0.1, -0.05) is 0 Å². The number of rotatable bonds is 3. The average molecular weight is 180 g/mol. The van der Waals surface area contributed by atoms with Crippen LogP contribution in [-0.4, -0.2) is 24.3 Å². The third-order valence-electron chi connectivity index (χ3n) is 1.28. The van der Waals surface area contributed by atoms with Crippen LogP contribution in [0.1, 0.15) is 27.7 Å². The monoisotopic (exact) mass is 180 g/mol.